The van der Waals surface area contributed by atoms with Crippen LogP contribution in [0.5, 0.6) is 0 Å². The molecule has 0 saturated carbocycles. The second-order valence-electron chi connectivity index (χ2n) is 6.26. The highest BCUT2D eigenvalue weighted by molar-refractivity contribution is 7.18. The van der Waals surface area contributed by atoms with Crippen molar-refractivity contribution in [3.05, 3.63) is 57.2 Å². The number of fused-ring (bicyclic) bond motifs is 3. The molecule has 118 valence electrons. The Balaban J connectivity index is 1.76. The molecule has 0 saturated heterocycles. The number of nitrogens with zero attached hydrogens (tertiary/aromatic N) is 3. The molecule has 5 heteroatoms. The molecule has 3 aromatic rings. The standard InChI is InChI=1S/C18H19N3OS/c1-12(9-13-5-4-8-19-10-13)21-11-20-17-16(18(21)22)14-6-2-3-7-15(14)23-17/h4-5,8,10-12H,2-3,6-7,9H2,1H3/t12-/m0/s1. The van der Waals surface area contributed by atoms with Gasteiger partial charge in [-0.05, 0) is 56.2 Å². The van der Waals surface area contributed by atoms with Crippen LogP contribution < -0.4 is 5.56 Å². The molecule has 0 radical (unpaired) electrons. The van der Waals surface area contributed by atoms with Crippen molar-refractivity contribution in [2.24, 2.45) is 0 Å². The summed E-state index contributed by atoms with van der Waals surface area (Å²) in [6.07, 6.45) is 10.7. The topological polar surface area (TPSA) is 47.8 Å². The van der Waals surface area contributed by atoms with E-state index >= 15 is 0 Å². The van der Waals surface area contributed by atoms with Gasteiger partial charge < -0.3 is 0 Å². The zero-order valence-electron chi connectivity index (χ0n) is 13.2. The fourth-order valence-corrected chi connectivity index (χ4v) is 4.65. The molecule has 3 aromatic heterocycles. The van der Waals surface area contributed by atoms with Gasteiger partial charge in [0.15, 0.2) is 0 Å². The zero-order valence-corrected chi connectivity index (χ0v) is 14.0. The monoisotopic (exact) mass is 325 g/mol. The molecule has 0 bridgehead atoms. The van der Waals surface area contributed by atoms with Gasteiger partial charge in [0.1, 0.15) is 4.83 Å². The van der Waals surface area contributed by atoms with E-state index in [4.69, 9.17) is 0 Å². The maximum atomic E-state index is 13.0. The summed E-state index contributed by atoms with van der Waals surface area (Å²) in [5, 5.41) is 0.866. The van der Waals surface area contributed by atoms with Gasteiger partial charge in [-0.3, -0.25) is 14.3 Å². The third-order valence-corrected chi connectivity index (χ3v) is 5.83. The van der Waals surface area contributed by atoms with Gasteiger partial charge in [-0.15, -0.1) is 11.3 Å². The van der Waals surface area contributed by atoms with Crippen molar-refractivity contribution in [1.29, 1.82) is 0 Å². The van der Waals surface area contributed by atoms with Crippen LogP contribution in [-0.2, 0) is 19.3 Å². The smallest absolute Gasteiger partial charge is 0.262 e. The van der Waals surface area contributed by atoms with Gasteiger partial charge in [0.2, 0.25) is 0 Å². The van der Waals surface area contributed by atoms with E-state index in [1.807, 2.05) is 18.3 Å². The van der Waals surface area contributed by atoms with Gasteiger partial charge in [0.25, 0.3) is 5.56 Å². The summed E-state index contributed by atoms with van der Waals surface area (Å²) in [5.41, 5.74) is 2.52. The third kappa shape index (κ3) is 2.59. The minimum absolute atomic E-state index is 0.0720. The molecule has 3 heterocycles. The van der Waals surface area contributed by atoms with Crippen molar-refractivity contribution in [2.45, 2.75) is 45.1 Å². The highest BCUT2D eigenvalue weighted by atomic mass is 32.1. The summed E-state index contributed by atoms with van der Waals surface area (Å²) in [4.78, 5) is 24.0. The van der Waals surface area contributed by atoms with Crippen LogP contribution in [0.2, 0.25) is 0 Å². The quantitative estimate of drug-likeness (QED) is 0.740. The van der Waals surface area contributed by atoms with E-state index in [1.165, 1.54) is 23.3 Å². The summed E-state index contributed by atoms with van der Waals surface area (Å²) in [5.74, 6) is 0. The maximum Gasteiger partial charge on any atom is 0.262 e. The van der Waals surface area contributed by atoms with Gasteiger partial charge in [-0.25, -0.2) is 4.98 Å². The molecule has 1 atom stereocenters. The SMILES string of the molecule is C[C@@H](Cc1cccnc1)n1cnc2sc3c(c2c1=O)CCCC3. The minimum Gasteiger partial charge on any atom is -0.295 e. The molecule has 0 aliphatic heterocycles. The largest absolute Gasteiger partial charge is 0.295 e. The Morgan fingerprint density at radius 2 is 2.22 bits per heavy atom. The molecule has 0 spiro atoms. The van der Waals surface area contributed by atoms with Gasteiger partial charge >= 0.3 is 0 Å². The number of aryl methyl sites for hydroxylation is 2. The van der Waals surface area contributed by atoms with Crippen LogP contribution in [0, 0.1) is 0 Å². The molecule has 0 amide bonds. The molecule has 0 N–H and O–H groups in total. The predicted octanol–water partition coefficient (Wildman–Crippen LogP) is 3.54. The van der Waals surface area contributed by atoms with Crippen molar-refractivity contribution in [1.82, 2.24) is 14.5 Å². The lowest BCUT2D eigenvalue weighted by Crippen LogP contribution is -2.25. The van der Waals surface area contributed by atoms with E-state index in [2.05, 4.69) is 16.9 Å². The van der Waals surface area contributed by atoms with Crippen LogP contribution >= 0.6 is 11.3 Å². The normalized spacial score (nSPS) is 15.5. The van der Waals surface area contributed by atoms with Gasteiger partial charge in [0.05, 0.1) is 11.7 Å². The number of aromatic nitrogens is 3. The van der Waals surface area contributed by atoms with Crippen LogP contribution in [0.25, 0.3) is 10.2 Å². The zero-order chi connectivity index (χ0) is 15.8. The van der Waals surface area contributed by atoms with Crippen LogP contribution in [0.1, 0.15) is 41.8 Å². The molecule has 23 heavy (non-hydrogen) atoms. The minimum atomic E-state index is 0.0720. The first kappa shape index (κ1) is 14.6. The Morgan fingerprint density at radius 3 is 3.04 bits per heavy atom. The average Bonchev–Trinajstić information content (AvgIpc) is 2.95. The summed E-state index contributed by atoms with van der Waals surface area (Å²) < 4.78 is 1.79. The fraction of sp³-hybridized carbons (Fsp3) is 0.389. The Bertz CT molecular complexity index is 898. The Morgan fingerprint density at radius 1 is 1.35 bits per heavy atom. The van der Waals surface area contributed by atoms with E-state index in [0.29, 0.717) is 0 Å². The van der Waals surface area contributed by atoms with Crippen molar-refractivity contribution in [3.63, 3.8) is 0 Å². The first-order valence-corrected chi connectivity index (χ1v) is 8.96. The van der Waals surface area contributed by atoms with Crippen molar-refractivity contribution >= 4 is 21.6 Å². The number of hydrogen-bond acceptors (Lipinski definition) is 4. The van der Waals surface area contributed by atoms with Gasteiger partial charge in [0, 0.05) is 23.3 Å². The lowest BCUT2D eigenvalue weighted by atomic mass is 9.97. The van der Waals surface area contributed by atoms with E-state index in [1.54, 1.807) is 28.4 Å². The predicted molar refractivity (Wildman–Crippen MR) is 93.2 cm³/mol. The van der Waals surface area contributed by atoms with Crippen LogP contribution in [-0.4, -0.2) is 14.5 Å². The fourth-order valence-electron chi connectivity index (χ4n) is 3.43. The number of pyridine rings is 1. The van der Waals surface area contributed by atoms with E-state index in [0.717, 1.165) is 35.0 Å². The molecule has 1 aliphatic rings. The first-order valence-electron chi connectivity index (χ1n) is 8.14. The Kier molecular flexibility index (Phi) is 3.73. The molecular formula is C18H19N3OS. The van der Waals surface area contributed by atoms with Gasteiger partial charge in [-0.2, -0.15) is 0 Å². The number of hydrogen-bond donors (Lipinski definition) is 0. The molecule has 4 rings (SSSR count). The summed E-state index contributed by atoms with van der Waals surface area (Å²) >= 11 is 1.70. The van der Waals surface area contributed by atoms with Crippen molar-refractivity contribution in [2.75, 3.05) is 0 Å². The molecule has 1 aliphatic carbocycles. The van der Waals surface area contributed by atoms with Crippen molar-refractivity contribution in [3.8, 4) is 0 Å². The lowest BCUT2D eigenvalue weighted by Gasteiger charge is -2.15. The third-order valence-electron chi connectivity index (χ3n) is 4.63. The molecule has 0 aromatic carbocycles. The Hall–Kier alpha value is -2.01. The molecule has 4 nitrogen and oxygen atoms in total. The molecule has 0 unspecified atom stereocenters. The second kappa shape index (κ2) is 5.89. The van der Waals surface area contributed by atoms with Crippen LogP contribution in [0.15, 0.2) is 35.6 Å². The first-order chi connectivity index (χ1) is 11.2. The number of rotatable bonds is 3. The van der Waals surface area contributed by atoms with Crippen molar-refractivity contribution < 1.29 is 0 Å². The van der Waals surface area contributed by atoms with E-state index in [-0.39, 0.29) is 11.6 Å². The van der Waals surface area contributed by atoms with Crippen LogP contribution in [0.4, 0.5) is 0 Å². The van der Waals surface area contributed by atoms with E-state index in [9.17, 15) is 4.79 Å². The second-order valence-corrected chi connectivity index (χ2v) is 7.35. The summed E-state index contributed by atoms with van der Waals surface area (Å²) in [6.45, 7) is 2.07. The molecular weight excluding hydrogens is 306 g/mol. The lowest BCUT2D eigenvalue weighted by molar-refractivity contribution is 0.522. The number of thiophene rings is 1. The summed E-state index contributed by atoms with van der Waals surface area (Å²) in [6, 6.07) is 4.05. The maximum absolute atomic E-state index is 13.0. The van der Waals surface area contributed by atoms with Gasteiger partial charge in [-0.1, -0.05) is 6.07 Å². The highest BCUT2D eigenvalue weighted by Gasteiger charge is 2.21. The van der Waals surface area contributed by atoms with Crippen LogP contribution in [0.3, 0.4) is 0 Å². The Labute approximate surface area is 138 Å². The van der Waals surface area contributed by atoms with E-state index < -0.39 is 0 Å². The highest BCUT2D eigenvalue weighted by Crippen LogP contribution is 2.33. The molecule has 0 fully saturated rings. The average molecular weight is 325 g/mol. The summed E-state index contributed by atoms with van der Waals surface area (Å²) in [7, 11) is 0.